The molecular formula is C15H22N2O2. The first-order valence-electron chi connectivity index (χ1n) is 7.05. The van der Waals surface area contributed by atoms with Crippen molar-refractivity contribution in [2.45, 2.75) is 31.3 Å². The van der Waals surface area contributed by atoms with Crippen LogP contribution in [0.4, 0.5) is 5.69 Å². The van der Waals surface area contributed by atoms with E-state index in [0.717, 1.165) is 24.6 Å². The van der Waals surface area contributed by atoms with E-state index in [-0.39, 0.29) is 0 Å². The van der Waals surface area contributed by atoms with Gasteiger partial charge in [-0.1, -0.05) is 0 Å². The Morgan fingerprint density at radius 2 is 2.11 bits per heavy atom. The fraction of sp³-hybridized carbons (Fsp3) is 0.600. The molecule has 1 saturated carbocycles. The molecular weight excluding hydrogens is 240 g/mol. The van der Waals surface area contributed by atoms with Crippen molar-refractivity contribution in [3.8, 4) is 11.5 Å². The lowest BCUT2D eigenvalue weighted by molar-refractivity contribution is 0.380. The zero-order valence-corrected chi connectivity index (χ0v) is 11.7. The molecule has 0 bridgehead atoms. The molecule has 0 spiro atoms. The number of ether oxygens (including phenoxy) is 2. The summed E-state index contributed by atoms with van der Waals surface area (Å²) >= 11 is 0. The van der Waals surface area contributed by atoms with Crippen LogP contribution < -0.4 is 19.7 Å². The van der Waals surface area contributed by atoms with Gasteiger partial charge in [-0.3, -0.25) is 0 Å². The SMILES string of the molecule is COc1ccc(N2CCN[C@@H]3CCC[C@H]32)c(OC)c1. The average Bonchev–Trinajstić information content (AvgIpc) is 2.95. The highest BCUT2D eigenvalue weighted by molar-refractivity contribution is 5.62. The zero-order chi connectivity index (χ0) is 13.2. The van der Waals surface area contributed by atoms with Gasteiger partial charge in [0.2, 0.25) is 0 Å². The predicted octanol–water partition coefficient (Wildman–Crippen LogP) is 2.03. The molecule has 0 radical (unpaired) electrons. The first-order chi connectivity index (χ1) is 9.33. The summed E-state index contributed by atoms with van der Waals surface area (Å²) in [6.45, 7) is 2.10. The fourth-order valence-corrected chi connectivity index (χ4v) is 3.41. The van der Waals surface area contributed by atoms with Crippen molar-refractivity contribution in [3.63, 3.8) is 0 Å². The van der Waals surface area contributed by atoms with Gasteiger partial charge in [0.15, 0.2) is 0 Å². The molecule has 1 aromatic rings. The number of hydrogen-bond donors (Lipinski definition) is 1. The summed E-state index contributed by atoms with van der Waals surface area (Å²) in [7, 11) is 3.42. The van der Waals surface area contributed by atoms with Crippen LogP contribution >= 0.6 is 0 Å². The van der Waals surface area contributed by atoms with Gasteiger partial charge in [-0.2, -0.15) is 0 Å². The molecule has 1 N–H and O–H groups in total. The van der Waals surface area contributed by atoms with Crippen LogP contribution in [0, 0.1) is 0 Å². The predicted molar refractivity (Wildman–Crippen MR) is 76.3 cm³/mol. The average molecular weight is 262 g/mol. The molecule has 2 fully saturated rings. The van der Waals surface area contributed by atoms with E-state index in [1.807, 2.05) is 12.1 Å². The summed E-state index contributed by atoms with van der Waals surface area (Å²) in [5.41, 5.74) is 1.20. The quantitative estimate of drug-likeness (QED) is 0.904. The van der Waals surface area contributed by atoms with Crippen molar-refractivity contribution in [2.24, 2.45) is 0 Å². The Hall–Kier alpha value is -1.42. The number of anilines is 1. The standard InChI is InChI=1S/C15H22N2O2/c1-18-11-6-7-14(15(10-11)19-2)17-9-8-16-12-4-3-5-13(12)17/h6-7,10,12-13,16H,3-5,8-9H2,1-2H3/t12-,13-/m1/s1. The fourth-order valence-electron chi connectivity index (χ4n) is 3.41. The third-order valence-electron chi connectivity index (χ3n) is 4.34. The highest BCUT2D eigenvalue weighted by atomic mass is 16.5. The molecule has 2 aliphatic rings. The molecule has 1 aliphatic heterocycles. The van der Waals surface area contributed by atoms with Gasteiger partial charge in [-0.15, -0.1) is 0 Å². The topological polar surface area (TPSA) is 33.7 Å². The number of methoxy groups -OCH3 is 2. The lowest BCUT2D eigenvalue weighted by Crippen LogP contribution is -2.55. The van der Waals surface area contributed by atoms with Gasteiger partial charge in [-0.05, 0) is 31.4 Å². The van der Waals surface area contributed by atoms with Gasteiger partial charge < -0.3 is 19.7 Å². The van der Waals surface area contributed by atoms with Gasteiger partial charge in [0.25, 0.3) is 0 Å². The molecule has 2 atom stereocenters. The number of piperazine rings is 1. The Labute approximate surface area is 114 Å². The Balaban J connectivity index is 1.92. The maximum Gasteiger partial charge on any atom is 0.145 e. The summed E-state index contributed by atoms with van der Waals surface area (Å²) in [5.74, 6) is 1.76. The van der Waals surface area contributed by atoms with E-state index in [1.165, 1.54) is 24.9 Å². The van der Waals surface area contributed by atoms with Crippen molar-refractivity contribution in [1.82, 2.24) is 5.32 Å². The molecule has 3 rings (SSSR count). The summed E-state index contributed by atoms with van der Waals surface area (Å²) in [5, 5.41) is 3.63. The minimum atomic E-state index is 0.607. The van der Waals surface area contributed by atoms with Gasteiger partial charge in [0, 0.05) is 31.2 Å². The first kappa shape index (κ1) is 12.6. The van der Waals surface area contributed by atoms with Crippen LogP contribution in [0.15, 0.2) is 18.2 Å². The van der Waals surface area contributed by atoms with Crippen molar-refractivity contribution < 1.29 is 9.47 Å². The van der Waals surface area contributed by atoms with Crippen LogP contribution in [0.2, 0.25) is 0 Å². The Kier molecular flexibility index (Phi) is 3.51. The van der Waals surface area contributed by atoms with Gasteiger partial charge >= 0.3 is 0 Å². The summed E-state index contributed by atoms with van der Waals surface area (Å²) < 4.78 is 10.8. The molecule has 1 saturated heterocycles. The van der Waals surface area contributed by atoms with E-state index in [2.05, 4.69) is 16.3 Å². The van der Waals surface area contributed by atoms with Crippen LogP contribution in [-0.2, 0) is 0 Å². The first-order valence-corrected chi connectivity index (χ1v) is 7.05. The molecule has 19 heavy (non-hydrogen) atoms. The van der Waals surface area contributed by atoms with E-state index in [0.29, 0.717) is 12.1 Å². The number of nitrogens with zero attached hydrogens (tertiary/aromatic N) is 1. The summed E-state index contributed by atoms with van der Waals surface area (Å²) in [6.07, 6.45) is 3.88. The summed E-state index contributed by atoms with van der Waals surface area (Å²) in [6, 6.07) is 7.36. The third kappa shape index (κ3) is 2.25. The number of fused-ring (bicyclic) bond motifs is 1. The molecule has 1 aromatic carbocycles. The third-order valence-corrected chi connectivity index (χ3v) is 4.34. The normalized spacial score (nSPS) is 26.1. The van der Waals surface area contributed by atoms with Crippen LogP contribution in [0.25, 0.3) is 0 Å². The second-order valence-electron chi connectivity index (χ2n) is 5.29. The van der Waals surface area contributed by atoms with Gasteiger partial charge in [0.05, 0.1) is 19.9 Å². The number of hydrogen-bond acceptors (Lipinski definition) is 4. The molecule has 1 heterocycles. The lowest BCUT2D eigenvalue weighted by Gasteiger charge is -2.40. The molecule has 104 valence electrons. The van der Waals surface area contributed by atoms with Crippen LogP contribution in [0.1, 0.15) is 19.3 Å². The molecule has 4 heteroatoms. The van der Waals surface area contributed by atoms with Crippen LogP contribution in [0.5, 0.6) is 11.5 Å². The highest BCUT2D eigenvalue weighted by Crippen LogP contribution is 2.37. The van der Waals surface area contributed by atoms with E-state index in [4.69, 9.17) is 9.47 Å². The lowest BCUT2D eigenvalue weighted by atomic mass is 10.1. The minimum Gasteiger partial charge on any atom is -0.497 e. The summed E-state index contributed by atoms with van der Waals surface area (Å²) in [4.78, 5) is 2.51. The van der Waals surface area contributed by atoms with E-state index < -0.39 is 0 Å². The molecule has 0 amide bonds. The number of nitrogens with one attached hydrogen (secondary N) is 1. The molecule has 0 aromatic heterocycles. The van der Waals surface area contributed by atoms with Crippen LogP contribution in [-0.4, -0.2) is 39.4 Å². The largest absolute Gasteiger partial charge is 0.497 e. The van der Waals surface area contributed by atoms with Gasteiger partial charge in [-0.25, -0.2) is 0 Å². The highest BCUT2D eigenvalue weighted by Gasteiger charge is 2.35. The number of benzene rings is 1. The van der Waals surface area contributed by atoms with E-state index in [1.54, 1.807) is 14.2 Å². The Morgan fingerprint density at radius 3 is 2.89 bits per heavy atom. The van der Waals surface area contributed by atoms with E-state index in [9.17, 15) is 0 Å². The monoisotopic (exact) mass is 262 g/mol. The molecule has 1 aliphatic carbocycles. The van der Waals surface area contributed by atoms with Crippen molar-refractivity contribution >= 4 is 5.69 Å². The molecule has 0 unspecified atom stereocenters. The Morgan fingerprint density at radius 1 is 1.21 bits per heavy atom. The van der Waals surface area contributed by atoms with Crippen molar-refractivity contribution in [3.05, 3.63) is 18.2 Å². The maximum absolute atomic E-state index is 5.55. The second kappa shape index (κ2) is 5.29. The van der Waals surface area contributed by atoms with Crippen molar-refractivity contribution in [2.75, 3.05) is 32.2 Å². The van der Waals surface area contributed by atoms with Crippen molar-refractivity contribution in [1.29, 1.82) is 0 Å². The zero-order valence-electron chi connectivity index (χ0n) is 11.7. The minimum absolute atomic E-state index is 0.607. The molecule has 4 nitrogen and oxygen atoms in total. The van der Waals surface area contributed by atoms with Gasteiger partial charge in [0.1, 0.15) is 11.5 Å². The van der Waals surface area contributed by atoms with Crippen LogP contribution in [0.3, 0.4) is 0 Å². The smallest absolute Gasteiger partial charge is 0.145 e. The second-order valence-corrected chi connectivity index (χ2v) is 5.29. The van der Waals surface area contributed by atoms with E-state index >= 15 is 0 Å². The Bertz CT molecular complexity index is 450. The number of rotatable bonds is 3. The maximum atomic E-state index is 5.55.